The van der Waals surface area contributed by atoms with Gasteiger partial charge in [-0.1, -0.05) is 58.9 Å². The van der Waals surface area contributed by atoms with Gasteiger partial charge in [0.1, 0.15) is 0 Å². The van der Waals surface area contributed by atoms with Crippen molar-refractivity contribution in [3.8, 4) is 0 Å². The third kappa shape index (κ3) is 3.66. The summed E-state index contributed by atoms with van der Waals surface area (Å²) in [7, 11) is 0. The SMILES string of the molecule is C=CC(=CC[C@@H](C)[C@H]1CC[C@H]2[C@@H]3CCC4CC(O)CC[C@]4(C)[C@H]3CC[C@]12C)C(C)C. The van der Waals surface area contributed by atoms with Crippen LogP contribution in [0.2, 0.25) is 0 Å². The van der Waals surface area contributed by atoms with E-state index in [-0.39, 0.29) is 6.10 Å². The van der Waals surface area contributed by atoms with Crippen LogP contribution >= 0.6 is 0 Å². The number of allylic oxidation sites excluding steroid dienone is 3. The van der Waals surface area contributed by atoms with E-state index < -0.39 is 0 Å². The lowest BCUT2D eigenvalue weighted by atomic mass is 9.44. The molecule has 170 valence electrons. The van der Waals surface area contributed by atoms with Crippen LogP contribution in [0.4, 0.5) is 0 Å². The van der Waals surface area contributed by atoms with E-state index in [4.69, 9.17) is 0 Å². The summed E-state index contributed by atoms with van der Waals surface area (Å²) in [6, 6.07) is 0. The third-order valence-corrected chi connectivity index (χ3v) is 11.0. The lowest BCUT2D eigenvalue weighted by molar-refractivity contribution is -0.129. The van der Waals surface area contributed by atoms with Gasteiger partial charge in [0.25, 0.3) is 0 Å². The molecule has 2 unspecified atom stereocenters. The van der Waals surface area contributed by atoms with Gasteiger partial charge in [0.05, 0.1) is 6.10 Å². The fourth-order valence-electron chi connectivity index (χ4n) is 9.25. The zero-order chi connectivity index (χ0) is 21.7. The minimum Gasteiger partial charge on any atom is -0.393 e. The van der Waals surface area contributed by atoms with E-state index in [0.29, 0.717) is 16.7 Å². The molecule has 0 aromatic carbocycles. The average Bonchev–Trinajstić information content (AvgIpc) is 3.06. The third-order valence-electron chi connectivity index (χ3n) is 11.0. The Morgan fingerprint density at radius 3 is 2.37 bits per heavy atom. The number of aliphatic hydroxyl groups is 1. The summed E-state index contributed by atoms with van der Waals surface area (Å²) in [6.07, 6.45) is 17.8. The Hall–Kier alpha value is -0.560. The van der Waals surface area contributed by atoms with Crippen molar-refractivity contribution in [3.05, 3.63) is 24.3 Å². The van der Waals surface area contributed by atoms with Crippen molar-refractivity contribution < 1.29 is 5.11 Å². The van der Waals surface area contributed by atoms with Crippen molar-refractivity contribution in [2.75, 3.05) is 0 Å². The topological polar surface area (TPSA) is 20.2 Å². The second kappa shape index (κ2) is 8.42. The molecule has 0 radical (unpaired) electrons. The summed E-state index contributed by atoms with van der Waals surface area (Å²) in [5.41, 5.74) is 2.49. The van der Waals surface area contributed by atoms with Gasteiger partial charge < -0.3 is 5.11 Å². The number of rotatable bonds is 5. The van der Waals surface area contributed by atoms with E-state index in [1.807, 2.05) is 0 Å². The van der Waals surface area contributed by atoms with Crippen LogP contribution in [-0.4, -0.2) is 11.2 Å². The highest BCUT2D eigenvalue weighted by Gasteiger charge is 2.60. The van der Waals surface area contributed by atoms with Crippen LogP contribution in [0.25, 0.3) is 0 Å². The quantitative estimate of drug-likeness (QED) is 0.457. The van der Waals surface area contributed by atoms with Gasteiger partial charge in [-0.05, 0) is 116 Å². The lowest BCUT2D eigenvalue weighted by Crippen LogP contribution is -2.54. The van der Waals surface area contributed by atoms with Crippen LogP contribution in [0.1, 0.15) is 98.8 Å². The Morgan fingerprint density at radius 1 is 0.967 bits per heavy atom. The maximum Gasteiger partial charge on any atom is 0.0543 e. The largest absolute Gasteiger partial charge is 0.393 e. The lowest BCUT2D eigenvalue weighted by Gasteiger charge is -2.61. The molecule has 4 aliphatic carbocycles. The zero-order valence-corrected chi connectivity index (χ0v) is 20.5. The molecule has 4 rings (SSSR count). The van der Waals surface area contributed by atoms with Gasteiger partial charge in [-0.3, -0.25) is 0 Å². The van der Waals surface area contributed by atoms with E-state index in [9.17, 15) is 5.11 Å². The van der Waals surface area contributed by atoms with Crippen LogP contribution in [0.3, 0.4) is 0 Å². The number of hydrogen-bond acceptors (Lipinski definition) is 1. The maximum absolute atomic E-state index is 10.3. The smallest absolute Gasteiger partial charge is 0.0543 e. The second-order valence-corrected chi connectivity index (χ2v) is 12.6. The van der Waals surface area contributed by atoms with Gasteiger partial charge >= 0.3 is 0 Å². The predicted molar refractivity (Wildman–Crippen MR) is 128 cm³/mol. The summed E-state index contributed by atoms with van der Waals surface area (Å²) in [6.45, 7) is 16.4. The molecule has 9 atom stereocenters. The van der Waals surface area contributed by atoms with Crippen molar-refractivity contribution in [2.24, 2.45) is 52.3 Å². The Kier molecular flexibility index (Phi) is 6.35. The Bertz CT molecular complexity index is 661. The molecule has 0 amide bonds. The Morgan fingerprint density at radius 2 is 1.67 bits per heavy atom. The van der Waals surface area contributed by atoms with Crippen molar-refractivity contribution >= 4 is 0 Å². The van der Waals surface area contributed by atoms with E-state index in [1.165, 1.54) is 56.9 Å². The molecule has 0 bridgehead atoms. The molecule has 1 nitrogen and oxygen atoms in total. The molecule has 4 aliphatic rings. The summed E-state index contributed by atoms with van der Waals surface area (Å²) in [4.78, 5) is 0. The molecule has 4 fully saturated rings. The van der Waals surface area contributed by atoms with Crippen molar-refractivity contribution in [1.82, 2.24) is 0 Å². The minimum absolute atomic E-state index is 0.0236. The first-order valence-electron chi connectivity index (χ1n) is 13.2. The molecule has 0 aliphatic heterocycles. The molecule has 0 heterocycles. The fraction of sp³-hybridized carbons (Fsp3) is 0.862. The van der Waals surface area contributed by atoms with Crippen LogP contribution < -0.4 is 0 Å². The highest BCUT2D eigenvalue weighted by atomic mass is 16.3. The van der Waals surface area contributed by atoms with Gasteiger partial charge in [-0.25, -0.2) is 0 Å². The maximum atomic E-state index is 10.3. The standard InChI is InChI=1S/C29H48O/c1-7-21(19(2)3)9-8-20(4)25-12-13-26-24-11-10-22-18-23(30)14-16-28(22,5)27(24)15-17-29(25,26)6/h7,9,19-20,22-27,30H,1,8,10-18H2,2-6H3/t20-,22?,23?,24+,25-,26+,27+,28+,29-/m1/s1. The van der Waals surface area contributed by atoms with Gasteiger partial charge in [0.2, 0.25) is 0 Å². The highest BCUT2D eigenvalue weighted by molar-refractivity contribution is 5.18. The van der Waals surface area contributed by atoms with Crippen LogP contribution in [0, 0.1) is 52.3 Å². The molecule has 0 saturated heterocycles. The molecule has 1 N–H and O–H groups in total. The van der Waals surface area contributed by atoms with E-state index in [0.717, 1.165) is 48.3 Å². The molecule has 30 heavy (non-hydrogen) atoms. The van der Waals surface area contributed by atoms with E-state index >= 15 is 0 Å². The highest BCUT2D eigenvalue weighted by Crippen LogP contribution is 2.68. The summed E-state index contributed by atoms with van der Waals surface area (Å²) in [5, 5.41) is 10.3. The number of fused-ring (bicyclic) bond motifs is 5. The normalized spacial score (nSPS) is 47.4. The summed E-state index contributed by atoms with van der Waals surface area (Å²) < 4.78 is 0. The molecule has 1 heteroatoms. The Balaban J connectivity index is 1.49. The van der Waals surface area contributed by atoms with Gasteiger partial charge in [-0.2, -0.15) is 0 Å². The van der Waals surface area contributed by atoms with E-state index in [2.05, 4.69) is 53.3 Å². The molecule has 0 aromatic rings. The first-order chi connectivity index (χ1) is 14.2. The summed E-state index contributed by atoms with van der Waals surface area (Å²) in [5.74, 6) is 5.85. The molecular weight excluding hydrogens is 364 g/mol. The van der Waals surface area contributed by atoms with Crippen molar-refractivity contribution in [1.29, 1.82) is 0 Å². The monoisotopic (exact) mass is 412 g/mol. The van der Waals surface area contributed by atoms with Crippen molar-refractivity contribution in [3.63, 3.8) is 0 Å². The number of aliphatic hydroxyl groups excluding tert-OH is 1. The second-order valence-electron chi connectivity index (χ2n) is 12.6. The first-order valence-corrected chi connectivity index (χ1v) is 13.2. The van der Waals surface area contributed by atoms with Crippen LogP contribution in [-0.2, 0) is 0 Å². The van der Waals surface area contributed by atoms with Crippen molar-refractivity contribution in [2.45, 2.75) is 105 Å². The minimum atomic E-state index is -0.0236. The van der Waals surface area contributed by atoms with Gasteiger partial charge in [0.15, 0.2) is 0 Å². The zero-order valence-electron chi connectivity index (χ0n) is 20.5. The summed E-state index contributed by atoms with van der Waals surface area (Å²) >= 11 is 0. The number of hydrogen-bond donors (Lipinski definition) is 1. The van der Waals surface area contributed by atoms with Crippen LogP contribution in [0.5, 0.6) is 0 Å². The Labute approximate surface area is 186 Å². The molecule has 0 aromatic heterocycles. The predicted octanol–water partition coefficient (Wildman–Crippen LogP) is 7.80. The van der Waals surface area contributed by atoms with E-state index in [1.54, 1.807) is 0 Å². The molecule has 4 saturated carbocycles. The fourth-order valence-corrected chi connectivity index (χ4v) is 9.25. The molecular formula is C29H48O. The van der Waals surface area contributed by atoms with Gasteiger partial charge in [-0.15, -0.1) is 0 Å². The molecule has 0 spiro atoms. The van der Waals surface area contributed by atoms with Crippen LogP contribution in [0.15, 0.2) is 24.3 Å². The average molecular weight is 413 g/mol. The van der Waals surface area contributed by atoms with Gasteiger partial charge in [0, 0.05) is 0 Å². The first kappa shape index (κ1) is 22.6.